The van der Waals surface area contributed by atoms with E-state index in [1.165, 1.54) is 0 Å². The van der Waals surface area contributed by atoms with Gasteiger partial charge in [-0.3, -0.25) is 4.79 Å². The molecule has 0 amide bonds. The summed E-state index contributed by atoms with van der Waals surface area (Å²) in [5.41, 5.74) is 2.51. The molecule has 2 aromatic rings. The van der Waals surface area contributed by atoms with Crippen LogP contribution in [0.1, 0.15) is 15.9 Å². The second-order valence-corrected chi connectivity index (χ2v) is 5.60. The van der Waals surface area contributed by atoms with Crippen LogP contribution in [0.2, 0.25) is 0 Å². The lowest BCUT2D eigenvalue weighted by Crippen LogP contribution is -2.08. The van der Waals surface area contributed by atoms with E-state index in [9.17, 15) is 4.79 Å². The number of allylic oxidation sites excluding steroid dienone is 1. The predicted octanol–water partition coefficient (Wildman–Crippen LogP) is 3.39. The number of anilines is 1. The van der Waals surface area contributed by atoms with Crippen molar-refractivity contribution in [1.29, 1.82) is 0 Å². The molecule has 0 spiro atoms. The number of benzene rings is 2. The number of rotatable bonds is 5. The van der Waals surface area contributed by atoms with Crippen LogP contribution in [-0.2, 0) is 0 Å². The topological polar surface area (TPSA) is 48.0 Å². The third kappa shape index (κ3) is 3.20. The number of hydrogen-bond donors (Lipinski definition) is 0. The summed E-state index contributed by atoms with van der Waals surface area (Å²) in [4.78, 5) is 14.3. The first-order valence-corrected chi connectivity index (χ1v) is 7.56. The van der Waals surface area contributed by atoms with Gasteiger partial charge in [0.1, 0.15) is 0 Å². The summed E-state index contributed by atoms with van der Waals surface area (Å²) in [6.45, 7) is 0.177. The average Bonchev–Trinajstić information content (AvgIpc) is 3.07. The molecule has 5 nitrogen and oxygen atoms in total. The highest BCUT2D eigenvalue weighted by molar-refractivity contribution is 6.07. The molecule has 0 atom stereocenters. The Bertz CT molecular complexity index is 779. The summed E-state index contributed by atoms with van der Waals surface area (Å²) < 4.78 is 16.0. The molecule has 0 radical (unpaired) electrons. The van der Waals surface area contributed by atoms with Crippen molar-refractivity contribution in [3.05, 3.63) is 53.6 Å². The van der Waals surface area contributed by atoms with Crippen LogP contribution in [0.5, 0.6) is 17.2 Å². The van der Waals surface area contributed by atoms with Gasteiger partial charge in [-0.05, 0) is 48.0 Å². The first-order chi connectivity index (χ1) is 11.6. The molecule has 5 heteroatoms. The van der Waals surface area contributed by atoms with E-state index in [-0.39, 0.29) is 12.6 Å². The van der Waals surface area contributed by atoms with Crippen LogP contribution in [0.25, 0.3) is 6.08 Å². The van der Waals surface area contributed by atoms with Crippen LogP contribution < -0.4 is 19.1 Å². The van der Waals surface area contributed by atoms with Gasteiger partial charge >= 0.3 is 0 Å². The molecule has 0 unspecified atom stereocenters. The SMILES string of the molecule is COc1cc(/C=C/C(=O)c2ccc(N(C)C)cc2)cc2c1OCO2. The molecule has 0 aliphatic carbocycles. The Morgan fingerprint density at radius 2 is 1.92 bits per heavy atom. The first kappa shape index (κ1) is 15.9. The summed E-state index contributed by atoms with van der Waals surface area (Å²) >= 11 is 0. The van der Waals surface area contributed by atoms with E-state index in [2.05, 4.69) is 0 Å². The van der Waals surface area contributed by atoms with Gasteiger partial charge in [-0.25, -0.2) is 0 Å². The quantitative estimate of drug-likeness (QED) is 0.623. The van der Waals surface area contributed by atoms with E-state index >= 15 is 0 Å². The molecule has 0 N–H and O–H groups in total. The van der Waals surface area contributed by atoms with Gasteiger partial charge in [-0.2, -0.15) is 0 Å². The number of ether oxygens (including phenoxy) is 3. The number of carbonyl (C=O) groups excluding carboxylic acids is 1. The zero-order valence-electron chi connectivity index (χ0n) is 13.9. The van der Waals surface area contributed by atoms with Crippen molar-refractivity contribution in [3.8, 4) is 17.2 Å². The van der Waals surface area contributed by atoms with E-state index in [4.69, 9.17) is 14.2 Å². The molecule has 0 bridgehead atoms. The number of methoxy groups -OCH3 is 1. The lowest BCUT2D eigenvalue weighted by atomic mass is 10.1. The first-order valence-electron chi connectivity index (χ1n) is 7.56. The molecule has 0 saturated carbocycles. The summed E-state index contributed by atoms with van der Waals surface area (Å²) in [7, 11) is 5.50. The minimum Gasteiger partial charge on any atom is -0.493 e. The van der Waals surface area contributed by atoms with Crippen molar-refractivity contribution in [2.24, 2.45) is 0 Å². The summed E-state index contributed by atoms with van der Waals surface area (Å²) in [5.74, 6) is 1.75. The summed E-state index contributed by atoms with van der Waals surface area (Å²) in [6.07, 6.45) is 3.29. The van der Waals surface area contributed by atoms with Crippen LogP contribution in [-0.4, -0.2) is 33.8 Å². The minimum atomic E-state index is -0.0584. The number of fused-ring (bicyclic) bond motifs is 1. The van der Waals surface area contributed by atoms with Gasteiger partial charge in [0.2, 0.25) is 12.5 Å². The minimum absolute atomic E-state index is 0.0584. The fourth-order valence-electron chi connectivity index (χ4n) is 2.44. The van der Waals surface area contributed by atoms with Crippen molar-refractivity contribution >= 4 is 17.5 Å². The van der Waals surface area contributed by atoms with Crippen molar-refractivity contribution in [3.63, 3.8) is 0 Å². The summed E-state index contributed by atoms with van der Waals surface area (Å²) in [5, 5.41) is 0. The van der Waals surface area contributed by atoms with Crippen molar-refractivity contribution in [1.82, 2.24) is 0 Å². The molecule has 1 aliphatic rings. The molecular weight excluding hydrogens is 306 g/mol. The fourth-order valence-corrected chi connectivity index (χ4v) is 2.44. The van der Waals surface area contributed by atoms with Gasteiger partial charge in [-0.1, -0.05) is 6.08 Å². The molecule has 1 aliphatic heterocycles. The maximum absolute atomic E-state index is 12.3. The molecule has 124 valence electrons. The Kier molecular flexibility index (Phi) is 4.42. The van der Waals surface area contributed by atoms with E-state index < -0.39 is 0 Å². The van der Waals surface area contributed by atoms with Gasteiger partial charge in [-0.15, -0.1) is 0 Å². The van der Waals surface area contributed by atoms with Crippen molar-refractivity contribution in [2.45, 2.75) is 0 Å². The van der Waals surface area contributed by atoms with Gasteiger partial charge in [0.25, 0.3) is 0 Å². The number of ketones is 1. The van der Waals surface area contributed by atoms with Crippen LogP contribution in [0.4, 0.5) is 5.69 Å². The zero-order chi connectivity index (χ0) is 17.1. The zero-order valence-corrected chi connectivity index (χ0v) is 13.9. The number of nitrogens with zero attached hydrogens (tertiary/aromatic N) is 1. The van der Waals surface area contributed by atoms with Gasteiger partial charge in [0.05, 0.1) is 7.11 Å². The van der Waals surface area contributed by atoms with Crippen molar-refractivity contribution < 1.29 is 19.0 Å². The Balaban J connectivity index is 1.79. The molecule has 24 heavy (non-hydrogen) atoms. The van der Waals surface area contributed by atoms with Crippen LogP contribution in [0.15, 0.2) is 42.5 Å². The van der Waals surface area contributed by atoms with E-state index in [0.29, 0.717) is 22.8 Å². The monoisotopic (exact) mass is 325 g/mol. The maximum Gasteiger partial charge on any atom is 0.231 e. The fraction of sp³-hybridized carbons (Fsp3) is 0.211. The van der Waals surface area contributed by atoms with Gasteiger partial charge in [0.15, 0.2) is 17.3 Å². The van der Waals surface area contributed by atoms with E-state index in [0.717, 1.165) is 11.3 Å². The lowest BCUT2D eigenvalue weighted by Gasteiger charge is -2.11. The van der Waals surface area contributed by atoms with Crippen LogP contribution in [0, 0.1) is 0 Å². The Morgan fingerprint density at radius 1 is 1.17 bits per heavy atom. The molecule has 0 saturated heterocycles. The standard InChI is InChI=1S/C19H19NO4/c1-20(2)15-7-5-14(6-8-15)16(21)9-4-13-10-17(22-3)19-18(11-13)23-12-24-19/h4-11H,12H2,1-3H3/b9-4+. The predicted molar refractivity (Wildman–Crippen MR) is 93.3 cm³/mol. The highest BCUT2D eigenvalue weighted by Gasteiger charge is 2.19. The summed E-state index contributed by atoms with van der Waals surface area (Å²) in [6, 6.07) is 11.1. The second-order valence-electron chi connectivity index (χ2n) is 5.60. The average molecular weight is 325 g/mol. The molecule has 0 fully saturated rings. The molecule has 0 aromatic heterocycles. The Labute approximate surface area is 141 Å². The molecule has 2 aromatic carbocycles. The second kappa shape index (κ2) is 6.66. The van der Waals surface area contributed by atoms with Gasteiger partial charge in [0, 0.05) is 25.3 Å². The third-order valence-corrected chi connectivity index (χ3v) is 3.78. The van der Waals surface area contributed by atoms with E-state index in [1.54, 1.807) is 19.3 Å². The van der Waals surface area contributed by atoms with Crippen LogP contribution in [0.3, 0.4) is 0 Å². The van der Waals surface area contributed by atoms with Crippen LogP contribution >= 0.6 is 0 Å². The van der Waals surface area contributed by atoms with Gasteiger partial charge < -0.3 is 19.1 Å². The normalized spacial score (nSPS) is 12.5. The number of hydrogen-bond acceptors (Lipinski definition) is 5. The highest BCUT2D eigenvalue weighted by Crippen LogP contribution is 2.42. The molecule has 1 heterocycles. The molecule has 3 rings (SSSR count). The third-order valence-electron chi connectivity index (χ3n) is 3.78. The Hall–Kier alpha value is -2.95. The van der Waals surface area contributed by atoms with E-state index in [1.807, 2.05) is 55.4 Å². The molecular formula is C19H19NO4. The Morgan fingerprint density at radius 3 is 2.58 bits per heavy atom. The maximum atomic E-state index is 12.3. The smallest absolute Gasteiger partial charge is 0.231 e. The largest absolute Gasteiger partial charge is 0.493 e. The number of carbonyl (C=O) groups is 1. The lowest BCUT2D eigenvalue weighted by molar-refractivity contribution is 0.104. The van der Waals surface area contributed by atoms with Crippen molar-refractivity contribution in [2.75, 3.05) is 32.9 Å². The highest BCUT2D eigenvalue weighted by atomic mass is 16.7.